The van der Waals surface area contributed by atoms with Gasteiger partial charge in [0.05, 0.1) is 23.1 Å². The largest absolute Gasteiger partial charge is 0.493 e. The normalized spacial score (nSPS) is 10.7. The summed E-state index contributed by atoms with van der Waals surface area (Å²) in [5.74, 6) is 0.928. The van der Waals surface area contributed by atoms with Crippen LogP contribution in [0.5, 0.6) is 11.5 Å². The summed E-state index contributed by atoms with van der Waals surface area (Å²) in [5, 5.41) is 0.977. The molecule has 0 bridgehead atoms. The average Bonchev–Trinajstić information content (AvgIpc) is 2.39. The lowest BCUT2D eigenvalue weighted by Crippen LogP contribution is -2.01. The third kappa shape index (κ3) is 2.18. The number of hydrogen-bond acceptors (Lipinski definition) is 5. The fourth-order valence-electron chi connectivity index (χ4n) is 1.63. The Morgan fingerprint density at radius 1 is 1.28 bits per heavy atom. The van der Waals surface area contributed by atoms with E-state index in [1.165, 1.54) is 37.3 Å². The summed E-state index contributed by atoms with van der Waals surface area (Å²) < 4.78 is 12.1. The third-order valence-electron chi connectivity index (χ3n) is 2.48. The Balaban J connectivity index is 2.90. The van der Waals surface area contributed by atoms with Crippen molar-refractivity contribution in [1.29, 1.82) is 0 Å². The van der Waals surface area contributed by atoms with Gasteiger partial charge in [-0.3, -0.25) is 4.79 Å². The van der Waals surface area contributed by atoms with Crippen LogP contribution in [-0.4, -0.2) is 20.5 Å². The van der Waals surface area contributed by atoms with Gasteiger partial charge in [0.25, 0.3) is 0 Å². The number of ether oxygens (including phenoxy) is 2. The quantitative estimate of drug-likeness (QED) is 0.811. The van der Waals surface area contributed by atoms with E-state index in [9.17, 15) is 4.79 Å². The lowest BCUT2D eigenvalue weighted by atomic mass is 10.2. The first kappa shape index (κ1) is 13.5. The number of thioether (sulfide) groups is 1. The first-order valence-corrected chi connectivity index (χ1v) is 7.46. The van der Waals surface area contributed by atoms with E-state index in [4.69, 9.17) is 21.1 Å². The Morgan fingerprint density at radius 2 is 2.00 bits per heavy atom. The van der Waals surface area contributed by atoms with Gasteiger partial charge in [-0.25, -0.2) is 0 Å². The molecule has 0 radical (unpaired) electrons. The van der Waals surface area contributed by atoms with Gasteiger partial charge in [0.1, 0.15) is 5.02 Å². The molecular weight excluding hydrogens is 292 g/mol. The second-order valence-electron chi connectivity index (χ2n) is 3.44. The van der Waals surface area contributed by atoms with Crippen molar-refractivity contribution in [2.45, 2.75) is 4.21 Å². The first-order chi connectivity index (χ1) is 8.62. The van der Waals surface area contributed by atoms with Crippen molar-refractivity contribution in [3.63, 3.8) is 0 Å². The number of benzene rings is 1. The van der Waals surface area contributed by atoms with Crippen molar-refractivity contribution in [2.24, 2.45) is 0 Å². The van der Waals surface area contributed by atoms with Crippen LogP contribution in [0.1, 0.15) is 0 Å². The zero-order valence-corrected chi connectivity index (χ0v) is 12.5. The first-order valence-electron chi connectivity index (χ1n) is 5.04. The van der Waals surface area contributed by atoms with E-state index in [0.29, 0.717) is 21.9 Å². The van der Waals surface area contributed by atoms with Crippen LogP contribution in [0, 0.1) is 0 Å². The zero-order chi connectivity index (χ0) is 13.3. The zero-order valence-electron chi connectivity index (χ0n) is 10.1. The molecule has 0 N–H and O–H groups in total. The second kappa shape index (κ2) is 5.38. The van der Waals surface area contributed by atoms with Crippen LogP contribution >= 0.6 is 34.7 Å². The van der Waals surface area contributed by atoms with Crippen molar-refractivity contribution in [2.75, 3.05) is 20.5 Å². The van der Waals surface area contributed by atoms with E-state index in [2.05, 4.69) is 0 Å². The molecule has 18 heavy (non-hydrogen) atoms. The Labute approximate surface area is 118 Å². The Kier molecular flexibility index (Phi) is 4.04. The van der Waals surface area contributed by atoms with Crippen molar-refractivity contribution < 1.29 is 9.47 Å². The smallest absolute Gasteiger partial charge is 0.189 e. The Morgan fingerprint density at radius 3 is 2.56 bits per heavy atom. The molecule has 6 heteroatoms. The number of halogens is 1. The fraction of sp³-hybridized carbons (Fsp3) is 0.250. The average molecular weight is 303 g/mol. The molecule has 2 rings (SSSR count). The van der Waals surface area contributed by atoms with Crippen LogP contribution in [0.3, 0.4) is 0 Å². The third-order valence-corrected chi connectivity index (χ3v) is 5.17. The number of fused-ring (bicyclic) bond motifs is 1. The van der Waals surface area contributed by atoms with E-state index >= 15 is 0 Å². The van der Waals surface area contributed by atoms with Gasteiger partial charge in [-0.15, -0.1) is 23.1 Å². The second-order valence-corrected chi connectivity index (χ2v) is 5.97. The standard InChI is InChI=1S/C12H11ClO3S2/c1-15-8-4-6-7(14)5-9(17-3)18-12(6)10(13)11(8)16-2/h4-5H,1-3H3. The predicted molar refractivity (Wildman–Crippen MR) is 78.0 cm³/mol. The highest BCUT2D eigenvalue weighted by atomic mass is 35.5. The van der Waals surface area contributed by atoms with Gasteiger partial charge in [0.2, 0.25) is 0 Å². The minimum absolute atomic E-state index is 0.0593. The molecule has 0 aliphatic rings. The monoisotopic (exact) mass is 302 g/mol. The van der Waals surface area contributed by atoms with Crippen LogP contribution in [0.2, 0.25) is 5.02 Å². The highest BCUT2D eigenvalue weighted by Gasteiger charge is 2.16. The Hall–Kier alpha value is -0.910. The number of rotatable bonds is 3. The predicted octanol–water partition coefficient (Wildman–Crippen LogP) is 3.65. The summed E-state index contributed by atoms with van der Waals surface area (Å²) >= 11 is 9.27. The van der Waals surface area contributed by atoms with Crippen LogP contribution in [0.15, 0.2) is 21.1 Å². The lowest BCUT2D eigenvalue weighted by Gasteiger charge is -2.11. The van der Waals surface area contributed by atoms with E-state index in [-0.39, 0.29) is 5.43 Å². The SMILES string of the molecule is COc1cc2c(=O)cc(SC)sc2c(Cl)c1OC. The van der Waals surface area contributed by atoms with Crippen LogP contribution < -0.4 is 14.9 Å². The topological polar surface area (TPSA) is 35.5 Å². The van der Waals surface area contributed by atoms with Gasteiger partial charge in [-0.2, -0.15) is 0 Å². The molecule has 0 unspecified atom stereocenters. The van der Waals surface area contributed by atoms with Gasteiger partial charge in [0, 0.05) is 11.5 Å². The van der Waals surface area contributed by atoms with E-state index in [0.717, 1.165) is 8.91 Å². The summed E-state index contributed by atoms with van der Waals surface area (Å²) in [7, 11) is 3.04. The van der Waals surface area contributed by atoms with Crippen molar-refractivity contribution in [3.8, 4) is 11.5 Å². The number of methoxy groups -OCH3 is 2. The van der Waals surface area contributed by atoms with Crippen LogP contribution in [0.4, 0.5) is 0 Å². The molecule has 0 aliphatic carbocycles. The minimum Gasteiger partial charge on any atom is -0.493 e. The highest BCUT2D eigenvalue weighted by Crippen LogP contribution is 2.42. The molecule has 2 aromatic rings. The summed E-state index contributed by atoms with van der Waals surface area (Å²) in [5.41, 5.74) is -0.0593. The van der Waals surface area contributed by atoms with Crippen molar-refractivity contribution >= 4 is 44.8 Å². The molecule has 0 aliphatic heterocycles. The molecule has 0 atom stereocenters. The summed E-state index contributed by atoms with van der Waals surface area (Å²) in [6.07, 6.45) is 1.92. The summed E-state index contributed by atoms with van der Waals surface area (Å²) in [4.78, 5) is 12.0. The maximum absolute atomic E-state index is 12.0. The fourth-order valence-corrected chi connectivity index (χ4v) is 3.65. The van der Waals surface area contributed by atoms with Gasteiger partial charge in [-0.05, 0) is 12.3 Å². The molecular formula is C12H11ClO3S2. The molecule has 0 amide bonds. The molecule has 3 nitrogen and oxygen atoms in total. The maximum atomic E-state index is 12.0. The maximum Gasteiger partial charge on any atom is 0.189 e. The number of hydrogen-bond donors (Lipinski definition) is 0. The van der Waals surface area contributed by atoms with Gasteiger partial charge >= 0.3 is 0 Å². The highest BCUT2D eigenvalue weighted by molar-refractivity contribution is 8.00. The molecule has 0 saturated carbocycles. The molecule has 1 aromatic carbocycles. The van der Waals surface area contributed by atoms with Crippen LogP contribution in [0.25, 0.3) is 10.1 Å². The Bertz CT molecular complexity index is 652. The van der Waals surface area contributed by atoms with E-state index < -0.39 is 0 Å². The molecule has 0 saturated heterocycles. The van der Waals surface area contributed by atoms with Crippen molar-refractivity contribution in [3.05, 3.63) is 27.4 Å². The van der Waals surface area contributed by atoms with E-state index in [1.54, 1.807) is 12.1 Å². The van der Waals surface area contributed by atoms with Crippen LogP contribution in [-0.2, 0) is 0 Å². The van der Waals surface area contributed by atoms with Crippen molar-refractivity contribution in [1.82, 2.24) is 0 Å². The van der Waals surface area contributed by atoms with Gasteiger partial charge < -0.3 is 9.47 Å². The lowest BCUT2D eigenvalue weighted by molar-refractivity contribution is 0.356. The molecule has 1 heterocycles. The van der Waals surface area contributed by atoms with Gasteiger partial charge in [-0.1, -0.05) is 11.6 Å². The van der Waals surface area contributed by atoms with Gasteiger partial charge in [0.15, 0.2) is 16.9 Å². The summed E-state index contributed by atoms with van der Waals surface area (Å²) in [6.45, 7) is 0. The van der Waals surface area contributed by atoms with E-state index in [1.807, 2.05) is 6.26 Å². The summed E-state index contributed by atoms with van der Waals surface area (Å²) in [6, 6.07) is 3.28. The molecule has 96 valence electrons. The molecule has 1 aromatic heterocycles. The minimum atomic E-state index is -0.0593. The molecule has 0 spiro atoms. The molecule has 0 fully saturated rings.